The molecule has 1 unspecified atom stereocenters. The van der Waals surface area contributed by atoms with Crippen LogP contribution in [0.3, 0.4) is 0 Å². The molecule has 0 saturated carbocycles. The first-order valence-corrected chi connectivity index (χ1v) is 13.4. The first kappa shape index (κ1) is 26.2. The van der Waals surface area contributed by atoms with Gasteiger partial charge in [-0.05, 0) is 43.0 Å². The lowest BCUT2D eigenvalue weighted by atomic mass is 9.98. The largest absolute Gasteiger partial charge is 0.494 e. The number of rotatable bonds is 17. The second-order valence-corrected chi connectivity index (χ2v) is 9.77. The van der Waals surface area contributed by atoms with E-state index in [9.17, 15) is 0 Å². The van der Waals surface area contributed by atoms with Crippen molar-refractivity contribution >= 4 is 0 Å². The molecule has 3 heteroatoms. The first-order valence-electron chi connectivity index (χ1n) is 13.4. The van der Waals surface area contributed by atoms with Crippen LogP contribution in [0.1, 0.15) is 97.0 Å². The summed E-state index contributed by atoms with van der Waals surface area (Å²) in [6.45, 7) is 15.0. The average molecular weight is 431 g/mol. The van der Waals surface area contributed by atoms with E-state index >= 15 is 0 Å². The quantitative estimate of drug-likeness (QED) is 0.244. The van der Waals surface area contributed by atoms with Crippen LogP contribution in [-0.4, -0.2) is 49.1 Å². The van der Waals surface area contributed by atoms with Crippen LogP contribution in [0, 0.1) is 5.92 Å². The summed E-state index contributed by atoms with van der Waals surface area (Å²) in [6, 6.07) is 8.82. The van der Waals surface area contributed by atoms with E-state index in [0.29, 0.717) is 0 Å². The van der Waals surface area contributed by atoms with Gasteiger partial charge >= 0.3 is 0 Å². The number of ether oxygens (including phenoxy) is 1. The third-order valence-corrected chi connectivity index (χ3v) is 6.76. The van der Waals surface area contributed by atoms with Crippen LogP contribution < -0.4 is 4.74 Å². The Morgan fingerprint density at radius 2 is 1.42 bits per heavy atom. The van der Waals surface area contributed by atoms with E-state index in [1.54, 1.807) is 0 Å². The van der Waals surface area contributed by atoms with Crippen molar-refractivity contribution in [2.45, 2.75) is 97.9 Å². The fourth-order valence-electron chi connectivity index (χ4n) is 4.66. The third-order valence-electron chi connectivity index (χ3n) is 6.76. The van der Waals surface area contributed by atoms with Gasteiger partial charge in [0.25, 0.3) is 0 Å². The van der Waals surface area contributed by atoms with Crippen molar-refractivity contribution in [3.63, 3.8) is 0 Å². The van der Waals surface area contributed by atoms with Crippen molar-refractivity contribution < 1.29 is 4.74 Å². The highest BCUT2D eigenvalue weighted by molar-refractivity contribution is 5.27. The van der Waals surface area contributed by atoms with Crippen LogP contribution in [0.5, 0.6) is 5.75 Å². The van der Waals surface area contributed by atoms with Crippen molar-refractivity contribution in [1.29, 1.82) is 0 Å². The van der Waals surface area contributed by atoms with Gasteiger partial charge in [-0.25, -0.2) is 0 Å². The van der Waals surface area contributed by atoms with E-state index in [-0.39, 0.29) is 0 Å². The fourth-order valence-corrected chi connectivity index (χ4v) is 4.66. The highest BCUT2D eigenvalue weighted by atomic mass is 16.5. The van der Waals surface area contributed by atoms with Gasteiger partial charge in [0.05, 0.1) is 6.61 Å². The maximum Gasteiger partial charge on any atom is 0.119 e. The molecule has 0 bridgehead atoms. The first-order chi connectivity index (χ1) is 15.2. The number of unbranched alkanes of at least 4 members (excludes halogenated alkanes) is 6. The van der Waals surface area contributed by atoms with Gasteiger partial charge in [0.1, 0.15) is 5.75 Å². The van der Waals surface area contributed by atoms with Crippen molar-refractivity contribution in [2.24, 2.45) is 5.92 Å². The minimum absolute atomic E-state index is 0.853. The Morgan fingerprint density at radius 3 is 2.13 bits per heavy atom. The normalized spacial score (nSPS) is 16.5. The van der Waals surface area contributed by atoms with E-state index in [1.807, 2.05) is 0 Å². The van der Waals surface area contributed by atoms with Gasteiger partial charge < -0.3 is 9.64 Å². The van der Waals surface area contributed by atoms with Crippen LogP contribution >= 0.6 is 0 Å². The van der Waals surface area contributed by atoms with Crippen LogP contribution in [0.4, 0.5) is 0 Å². The van der Waals surface area contributed by atoms with E-state index < -0.39 is 0 Å². The zero-order chi connectivity index (χ0) is 22.2. The van der Waals surface area contributed by atoms with E-state index in [2.05, 4.69) is 54.8 Å². The molecule has 0 spiro atoms. The third kappa shape index (κ3) is 11.9. The molecule has 1 saturated heterocycles. The van der Waals surface area contributed by atoms with Crippen LogP contribution in [0.25, 0.3) is 0 Å². The molecule has 1 aliphatic heterocycles. The zero-order valence-electron chi connectivity index (χ0n) is 20.9. The predicted molar refractivity (Wildman–Crippen MR) is 135 cm³/mol. The lowest BCUT2D eigenvalue weighted by molar-refractivity contribution is 0.125. The van der Waals surface area contributed by atoms with Crippen molar-refractivity contribution in [3.8, 4) is 5.75 Å². The Kier molecular flexibility index (Phi) is 14.0. The Balaban J connectivity index is 1.50. The average Bonchev–Trinajstić information content (AvgIpc) is 2.78. The maximum atomic E-state index is 5.97. The summed E-state index contributed by atoms with van der Waals surface area (Å²) in [4.78, 5) is 5.23. The van der Waals surface area contributed by atoms with Crippen molar-refractivity contribution in [2.75, 3.05) is 39.3 Å². The van der Waals surface area contributed by atoms with Crippen LogP contribution in [0.15, 0.2) is 24.3 Å². The predicted octanol–water partition coefficient (Wildman–Crippen LogP) is 7.15. The van der Waals surface area contributed by atoms with Crippen molar-refractivity contribution in [3.05, 3.63) is 29.8 Å². The summed E-state index contributed by atoms with van der Waals surface area (Å²) >= 11 is 0. The monoisotopic (exact) mass is 430 g/mol. The summed E-state index contributed by atoms with van der Waals surface area (Å²) in [5.74, 6) is 1.94. The molecule has 1 aliphatic rings. The molecular weight excluding hydrogens is 380 g/mol. The molecule has 0 radical (unpaired) electrons. The van der Waals surface area contributed by atoms with Crippen LogP contribution in [-0.2, 0) is 6.54 Å². The van der Waals surface area contributed by atoms with Gasteiger partial charge in [-0.2, -0.15) is 0 Å². The minimum atomic E-state index is 0.853. The summed E-state index contributed by atoms with van der Waals surface area (Å²) in [5.41, 5.74) is 1.41. The summed E-state index contributed by atoms with van der Waals surface area (Å²) in [5, 5.41) is 0. The Labute approximate surface area is 193 Å². The minimum Gasteiger partial charge on any atom is -0.494 e. The lowest BCUT2D eigenvalue weighted by Crippen LogP contribution is -2.46. The molecule has 178 valence electrons. The second-order valence-electron chi connectivity index (χ2n) is 9.77. The van der Waals surface area contributed by atoms with Gasteiger partial charge in [0.15, 0.2) is 0 Å². The van der Waals surface area contributed by atoms with Gasteiger partial charge in [0.2, 0.25) is 0 Å². The Morgan fingerprint density at radius 1 is 0.742 bits per heavy atom. The number of hydrogen-bond donors (Lipinski definition) is 0. The molecule has 1 atom stereocenters. The maximum absolute atomic E-state index is 5.97. The molecule has 1 heterocycles. The van der Waals surface area contributed by atoms with Gasteiger partial charge in [-0.3, -0.25) is 4.90 Å². The summed E-state index contributed by atoms with van der Waals surface area (Å²) < 4.78 is 5.97. The molecule has 2 rings (SSSR count). The summed E-state index contributed by atoms with van der Waals surface area (Å²) in [6.07, 6.45) is 14.8. The van der Waals surface area contributed by atoms with Gasteiger partial charge in [-0.1, -0.05) is 90.7 Å². The van der Waals surface area contributed by atoms with Gasteiger partial charge in [-0.15, -0.1) is 0 Å². The summed E-state index contributed by atoms with van der Waals surface area (Å²) in [7, 11) is 0. The van der Waals surface area contributed by atoms with E-state index in [0.717, 1.165) is 24.8 Å². The molecule has 1 fully saturated rings. The number of piperazine rings is 1. The smallest absolute Gasteiger partial charge is 0.119 e. The van der Waals surface area contributed by atoms with Crippen LogP contribution in [0.2, 0.25) is 0 Å². The fraction of sp³-hybridized carbons (Fsp3) is 0.786. The molecule has 1 aromatic carbocycles. The number of nitrogens with zero attached hydrogens (tertiary/aromatic N) is 2. The number of hydrogen-bond acceptors (Lipinski definition) is 3. The Bertz CT molecular complexity index is 536. The van der Waals surface area contributed by atoms with E-state index in [1.165, 1.54) is 109 Å². The standard InChI is InChI=1S/C28H50N2O/c1-4-6-11-19-29-20-22-30(23-21-29)25-27-15-17-28(18-16-27)31-24-12-9-7-8-10-14-26(3)13-5-2/h15-18,26H,4-14,19-25H2,1-3H3. The highest BCUT2D eigenvalue weighted by Crippen LogP contribution is 2.17. The topological polar surface area (TPSA) is 15.7 Å². The Hall–Kier alpha value is -1.06. The molecular formula is C28H50N2O. The highest BCUT2D eigenvalue weighted by Gasteiger charge is 2.16. The molecule has 31 heavy (non-hydrogen) atoms. The second kappa shape index (κ2) is 16.6. The lowest BCUT2D eigenvalue weighted by Gasteiger charge is -2.34. The molecule has 3 nitrogen and oxygen atoms in total. The van der Waals surface area contributed by atoms with Crippen molar-refractivity contribution in [1.82, 2.24) is 9.80 Å². The zero-order valence-corrected chi connectivity index (χ0v) is 20.9. The molecule has 0 N–H and O–H groups in total. The van der Waals surface area contributed by atoms with Gasteiger partial charge in [0, 0.05) is 32.7 Å². The molecule has 0 aliphatic carbocycles. The van der Waals surface area contributed by atoms with E-state index in [4.69, 9.17) is 4.74 Å². The molecule has 0 aromatic heterocycles. The molecule has 0 amide bonds. The molecule has 1 aromatic rings. The number of benzene rings is 1. The SMILES string of the molecule is CCCCCN1CCN(Cc2ccc(OCCCCCCCC(C)CCC)cc2)CC1.